The van der Waals surface area contributed by atoms with E-state index in [2.05, 4.69) is 20.1 Å². The molecule has 0 amide bonds. The molecule has 0 aliphatic heterocycles. The van der Waals surface area contributed by atoms with E-state index in [1.54, 1.807) is 19.4 Å². The zero-order valence-corrected chi connectivity index (χ0v) is 10.6. The van der Waals surface area contributed by atoms with Crippen LogP contribution in [0.3, 0.4) is 0 Å². The van der Waals surface area contributed by atoms with E-state index in [1.165, 1.54) is 6.26 Å². The molecule has 6 nitrogen and oxygen atoms in total. The van der Waals surface area contributed by atoms with E-state index in [4.69, 9.17) is 9.26 Å². The third-order valence-corrected chi connectivity index (χ3v) is 3.20. The van der Waals surface area contributed by atoms with Gasteiger partial charge < -0.3 is 14.2 Å². The highest BCUT2D eigenvalue weighted by molar-refractivity contribution is 6.03. The summed E-state index contributed by atoms with van der Waals surface area (Å²) in [7, 11) is 1.64. The van der Waals surface area contributed by atoms with Gasteiger partial charge in [0.05, 0.1) is 24.3 Å². The van der Waals surface area contributed by atoms with Crippen LogP contribution in [0.2, 0.25) is 0 Å². The second-order valence-electron chi connectivity index (χ2n) is 4.37. The van der Waals surface area contributed by atoms with Gasteiger partial charge in [-0.15, -0.1) is 0 Å². The molecule has 0 saturated heterocycles. The predicted molar refractivity (Wildman–Crippen MR) is 73.4 cm³/mol. The topological polar surface area (TPSA) is 76.8 Å². The number of imidazole rings is 1. The van der Waals surface area contributed by atoms with Crippen molar-refractivity contribution in [1.29, 1.82) is 0 Å². The first-order valence-electron chi connectivity index (χ1n) is 6.08. The summed E-state index contributed by atoms with van der Waals surface area (Å²) >= 11 is 0. The molecule has 4 rings (SSSR count). The molecule has 0 aliphatic rings. The first-order valence-corrected chi connectivity index (χ1v) is 6.08. The molecule has 98 valence electrons. The van der Waals surface area contributed by atoms with Crippen LogP contribution in [0.1, 0.15) is 0 Å². The van der Waals surface area contributed by atoms with E-state index in [1.807, 2.05) is 18.2 Å². The van der Waals surface area contributed by atoms with Crippen molar-refractivity contribution in [3.63, 3.8) is 0 Å². The Morgan fingerprint density at radius 3 is 3.00 bits per heavy atom. The largest absolute Gasteiger partial charge is 0.497 e. The highest BCUT2D eigenvalue weighted by Gasteiger charge is 2.11. The van der Waals surface area contributed by atoms with Crippen LogP contribution in [0, 0.1) is 0 Å². The third-order valence-electron chi connectivity index (χ3n) is 3.20. The van der Waals surface area contributed by atoms with Crippen molar-refractivity contribution in [1.82, 2.24) is 20.1 Å². The molecular formula is C14H10N4O2. The van der Waals surface area contributed by atoms with Gasteiger partial charge in [0.1, 0.15) is 23.2 Å². The van der Waals surface area contributed by atoms with Crippen LogP contribution in [-0.2, 0) is 0 Å². The number of aromatic nitrogens is 4. The molecule has 4 aromatic rings. The van der Waals surface area contributed by atoms with Gasteiger partial charge in [0.2, 0.25) is 0 Å². The maximum absolute atomic E-state index is 5.21. The van der Waals surface area contributed by atoms with Crippen LogP contribution in [0.15, 0.2) is 41.2 Å². The molecule has 0 fully saturated rings. The molecule has 1 aromatic carbocycles. The average molecular weight is 266 g/mol. The van der Waals surface area contributed by atoms with Crippen molar-refractivity contribution in [2.75, 3.05) is 7.11 Å². The summed E-state index contributed by atoms with van der Waals surface area (Å²) in [6.07, 6.45) is 3.28. The minimum atomic E-state index is 0.666. The van der Waals surface area contributed by atoms with Gasteiger partial charge >= 0.3 is 0 Å². The van der Waals surface area contributed by atoms with Gasteiger partial charge in [-0.1, -0.05) is 5.16 Å². The molecule has 0 unspecified atom stereocenters. The van der Waals surface area contributed by atoms with Gasteiger partial charge in [-0.05, 0) is 12.1 Å². The zero-order chi connectivity index (χ0) is 13.5. The molecule has 0 aliphatic carbocycles. The van der Waals surface area contributed by atoms with E-state index in [-0.39, 0.29) is 0 Å². The van der Waals surface area contributed by atoms with Crippen LogP contribution < -0.4 is 4.74 Å². The lowest BCUT2D eigenvalue weighted by atomic mass is 10.2. The fourth-order valence-corrected chi connectivity index (χ4v) is 2.22. The molecule has 1 N–H and O–H groups in total. The fraction of sp³-hybridized carbons (Fsp3) is 0.0714. The minimum Gasteiger partial charge on any atom is -0.497 e. The number of rotatable bonds is 2. The number of nitrogens with one attached hydrogen (secondary N) is 1. The standard InChI is InChI=1S/C14H10N4O2/c1-19-8-2-3-9-11(6-8)15-7-12-13(9)17-14(16-12)10-4-5-20-18-10/h2-7H,1H3,(H,16,17). The van der Waals surface area contributed by atoms with Crippen molar-refractivity contribution in [3.8, 4) is 17.3 Å². The van der Waals surface area contributed by atoms with E-state index >= 15 is 0 Å². The summed E-state index contributed by atoms with van der Waals surface area (Å²) in [6, 6.07) is 7.50. The number of nitrogens with zero attached hydrogens (tertiary/aromatic N) is 3. The Morgan fingerprint density at radius 1 is 1.25 bits per heavy atom. The smallest absolute Gasteiger partial charge is 0.160 e. The number of methoxy groups -OCH3 is 1. The number of H-pyrrole nitrogens is 1. The first-order chi connectivity index (χ1) is 9.85. The lowest BCUT2D eigenvalue weighted by Crippen LogP contribution is -1.85. The van der Waals surface area contributed by atoms with Gasteiger partial charge in [-0.3, -0.25) is 4.98 Å². The summed E-state index contributed by atoms with van der Waals surface area (Å²) in [5.41, 5.74) is 3.23. The van der Waals surface area contributed by atoms with E-state index < -0.39 is 0 Å². The Hall–Kier alpha value is -2.89. The molecule has 6 heteroatoms. The monoisotopic (exact) mass is 266 g/mol. The Bertz CT molecular complexity index is 896. The molecular weight excluding hydrogens is 256 g/mol. The Labute approximate surface area is 113 Å². The SMILES string of the molecule is COc1ccc2c(c1)ncc1[nH]c(-c3ccon3)nc12. The summed E-state index contributed by atoms with van der Waals surface area (Å²) in [5, 5.41) is 4.85. The Kier molecular flexibility index (Phi) is 2.23. The third kappa shape index (κ3) is 1.55. The second-order valence-corrected chi connectivity index (χ2v) is 4.37. The highest BCUT2D eigenvalue weighted by atomic mass is 16.5. The molecule has 0 spiro atoms. The van der Waals surface area contributed by atoms with Crippen LogP contribution in [0.4, 0.5) is 0 Å². The normalized spacial score (nSPS) is 11.2. The Balaban J connectivity index is 2.00. The summed E-state index contributed by atoms with van der Waals surface area (Å²) in [5.74, 6) is 1.44. The van der Waals surface area contributed by atoms with E-state index in [9.17, 15) is 0 Å². The van der Waals surface area contributed by atoms with E-state index in [0.29, 0.717) is 11.5 Å². The van der Waals surface area contributed by atoms with Gasteiger partial charge in [0.25, 0.3) is 0 Å². The van der Waals surface area contributed by atoms with Gasteiger partial charge in [0.15, 0.2) is 5.82 Å². The molecule has 3 heterocycles. The average Bonchev–Trinajstić information content (AvgIpc) is 3.15. The quantitative estimate of drug-likeness (QED) is 0.603. The molecule has 3 aromatic heterocycles. The number of hydrogen-bond donors (Lipinski definition) is 1. The van der Waals surface area contributed by atoms with Gasteiger partial charge in [0, 0.05) is 17.5 Å². The van der Waals surface area contributed by atoms with Crippen LogP contribution in [0.25, 0.3) is 33.5 Å². The van der Waals surface area contributed by atoms with Crippen LogP contribution >= 0.6 is 0 Å². The second kappa shape index (κ2) is 4.06. The number of ether oxygens (including phenoxy) is 1. The molecule has 0 atom stereocenters. The van der Waals surface area contributed by atoms with Crippen molar-refractivity contribution >= 4 is 21.9 Å². The summed E-state index contributed by atoms with van der Waals surface area (Å²) in [6.45, 7) is 0. The lowest BCUT2D eigenvalue weighted by Gasteiger charge is -2.01. The number of aromatic amines is 1. The Morgan fingerprint density at radius 2 is 2.20 bits per heavy atom. The molecule has 0 bridgehead atoms. The minimum absolute atomic E-state index is 0.666. The number of fused-ring (bicyclic) bond motifs is 3. The number of benzene rings is 1. The maximum Gasteiger partial charge on any atom is 0.160 e. The van der Waals surface area contributed by atoms with Crippen molar-refractivity contribution < 1.29 is 9.26 Å². The van der Waals surface area contributed by atoms with Gasteiger partial charge in [-0.25, -0.2) is 4.98 Å². The highest BCUT2D eigenvalue weighted by Crippen LogP contribution is 2.27. The number of hydrogen-bond acceptors (Lipinski definition) is 5. The maximum atomic E-state index is 5.21. The molecule has 0 saturated carbocycles. The molecule has 0 radical (unpaired) electrons. The molecule has 20 heavy (non-hydrogen) atoms. The van der Waals surface area contributed by atoms with E-state index in [0.717, 1.165) is 27.7 Å². The van der Waals surface area contributed by atoms with Crippen molar-refractivity contribution in [2.24, 2.45) is 0 Å². The predicted octanol–water partition coefficient (Wildman–Crippen LogP) is 2.77. The van der Waals surface area contributed by atoms with Crippen molar-refractivity contribution in [2.45, 2.75) is 0 Å². The van der Waals surface area contributed by atoms with Crippen molar-refractivity contribution in [3.05, 3.63) is 36.7 Å². The summed E-state index contributed by atoms with van der Waals surface area (Å²) in [4.78, 5) is 12.2. The summed E-state index contributed by atoms with van der Waals surface area (Å²) < 4.78 is 10.0. The number of pyridine rings is 1. The first kappa shape index (κ1) is 11.0. The van der Waals surface area contributed by atoms with Gasteiger partial charge in [-0.2, -0.15) is 0 Å². The fourth-order valence-electron chi connectivity index (χ4n) is 2.22. The lowest BCUT2D eigenvalue weighted by molar-refractivity contribution is 0.415. The van der Waals surface area contributed by atoms with Crippen LogP contribution in [0.5, 0.6) is 5.75 Å². The van der Waals surface area contributed by atoms with Crippen LogP contribution in [-0.4, -0.2) is 27.2 Å². The zero-order valence-electron chi connectivity index (χ0n) is 10.6.